The Labute approximate surface area is 139 Å². The second kappa shape index (κ2) is 6.69. The van der Waals surface area contributed by atoms with Crippen LogP contribution in [0.1, 0.15) is 20.3 Å². The zero-order chi connectivity index (χ0) is 17.2. The van der Waals surface area contributed by atoms with Gasteiger partial charge < -0.3 is 4.57 Å². The van der Waals surface area contributed by atoms with Crippen molar-refractivity contribution in [3.05, 3.63) is 23.0 Å². The Bertz CT molecular complexity index is 957. The van der Waals surface area contributed by atoms with Crippen LogP contribution in [0.25, 0.3) is 10.2 Å². The maximum Gasteiger partial charge on any atom is 0.248 e. The molecule has 0 aliphatic carbocycles. The first-order valence-electron chi connectivity index (χ1n) is 7.07. The van der Waals surface area contributed by atoms with Crippen LogP contribution in [0.15, 0.2) is 28.1 Å². The first-order valence-corrected chi connectivity index (χ1v) is 9.77. The molecule has 1 amide bonds. The van der Waals surface area contributed by atoms with Crippen molar-refractivity contribution in [1.29, 1.82) is 0 Å². The Kier molecular flexibility index (Phi) is 5.07. The molecule has 23 heavy (non-hydrogen) atoms. The van der Waals surface area contributed by atoms with Crippen molar-refractivity contribution in [2.24, 2.45) is 10.9 Å². The molecule has 122 valence electrons. The van der Waals surface area contributed by atoms with Crippen molar-refractivity contribution >= 4 is 37.3 Å². The summed E-state index contributed by atoms with van der Waals surface area (Å²) >= 11 is 1.27. The zero-order valence-electron chi connectivity index (χ0n) is 13.2. The van der Waals surface area contributed by atoms with Gasteiger partial charge in [0.2, 0.25) is 5.91 Å². The van der Waals surface area contributed by atoms with Gasteiger partial charge >= 0.3 is 0 Å². The Hall–Kier alpha value is -1.91. The molecule has 0 atom stereocenters. The SMILES string of the molecule is C#CCn1c(=NC(=O)CC(C)C)sc2cc(S(C)(=O)=O)ccc21. The number of hydrogen-bond donors (Lipinski definition) is 0. The van der Waals surface area contributed by atoms with Crippen LogP contribution in [-0.2, 0) is 21.2 Å². The third-order valence-corrected chi connectivity index (χ3v) is 5.29. The maximum absolute atomic E-state index is 12.0. The highest BCUT2D eigenvalue weighted by molar-refractivity contribution is 7.90. The summed E-state index contributed by atoms with van der Waals surface area (Å²) in [5.41, 5.74) is 0.774. The molecule has 2 aromatic rings. The molecule has 0 N–H and O–H groups in total. The smallest absolute Gasteiger partial charge is 0.248 e. The molecule has 5 nitrogen and oxygen atoms in total. The highest BCUT2D eigenvalue weighted by Gasteiger charge is 2.12. The van der Waals surface area contributed by atoms with Crippen molar-refractivity contribution in [2.75, 3.05) is 6.26 Å². The summed E-state index contributed by atoms with van der Waals surface area (Å²) in [7, 11) is -3.29. The number of carbonyl (C=O) groups is 1. The lowest BCUT2D eigenvalue weighted by molar-refractivity contribution is -0.118. The minimum Gasteiger partial charge on any atom is -0.305 e. The van der Waals surface area contributed by atoms with Gasteiger partial charge in [-0.2, -0.15) is 4.99 Å². The van der Waals surface area contributed by atoms with E-state index in [4.69, 9.17) is 6.42 Å². The van der Waals surface area contributed by atoms with Gasteiger partial charge in [0, 0.05) is 12.7 Å². The predicted octanol–water partition coefficient (Wildman–Crippen LogP) is 2.21. The lowest BCUT2D eigenvalue weighted by atomic mass is 10.1. The number of hydrogen-bond acceptors (Lipinski definition) is 4. The quantitative estimate of drug-likeness (QED) is 0.794. The van der Waals surface area contributed by atoms with E-state index in [1.807, 2.05) is 13.8 Å². The molecule has 1 aromatic carbocycles. The van der Waals surface area contributed by atoms with Crippen molar-refractivity contribution in [2.45, 2.75) is 31.7 Å². The van der Waals surface area contributed by atoms with Gasteiger partial charge in [-0.25, -0.2) is 8.42 Å². The van der Waals surface area contributed by atoms with E-state index in [0.717, 1.165) is 16.5 Å². The number of nitrogens with zero attached hydrogens (tertiary/aromatic N) is 2. The van der Waals surface area contributed by atoms with Gasteiger partial charge in [0.1, 0.15) is 0 Å². The summed E-state index contributed by atoms with van der Waals surface area (Å²) in [6, 6.07) is 4.83. The van der Waals surface area contributed by atoms with Crippen LogP contribution in [0.3, 0.4) is 0 Å². The number of aromatic nitrogens is 1. The standard InChI is InChI=1S/C16H18N2O3S2/c1-5-8-18-13-7-6-12(23(4,20)21)10-14(13)22-16(18)17-15(19)9-11(2)3/h1,6-7,10-11H,8-9H2,2-4H3. The van der Waals surface area contributed by atoms with E-state index in [1.54, 1.807) is 16.7 Å². The van der Waals surface area contributed by atoms with Crippen LogP contribution in [-0.4, -0.2) is 25.1 Å². The minimum atomic E-state index is -3.29. The Morgan fingerprint density at radius 2 is 2.13 bits per heavy atom. The van der Waals surface area contributed by atoms with E-state index in [1.165, 1.54) is 17.4 Å². The molecule has 7 heteroatoms. The molecule has 0 radical (unpaired) electrons. The number of sulfone groups is 1. The van der Waals surface area contributed by atoms with Gasteiger partial charge in [-0.3, -0.25) is 4.79 Å². The fourth-order valence-corrected chi connectivity index (χ4v) is 3.92. The maximum atomic E-state index is 12.0. The molecule has 1 aromatic heterocycles. The van der Waals surface area contributed by atoms with Gasteiger partial charge in [0.15, 0.2) is 14.6 Å². The van der Waals surface area contributed by atoms with E-state index in [9.17, 15) is 13.2 Å². The second-order valence-electron chi connectivity index (χ2n) is 5.68. The number of terminal acetylenes is 1. The van der Waals surface area contributed by atoms with Gasteiger partial charge in [0.05, 0.1) is 21.7 Å². The first kappa shape index (κ1) is 17.4. The van der Waals surface area contributed by atoms with Gasteiger partial charge in [-0.05, 0) is 24.1 Å². The summed E-state index contributed by atoms with van der Waals surface area (Å²) in [5.74, 6) is 2.55. The molecular weight excluding hydrogens is 332 g/mol. The molecule has 0 saturated heterocycles. The third kappa shape index (κ3) is 4.09. The Morgan fingerprint density at radius 1 is 1.43 bits per heavy atom. The molecule has 0 saturated carbocycles. The number of fused-ring (bicyclic) bond motifs is 1. The monoisotopic (exact) mass is 350 g/mol. The van der Waals surface area contributed by atoms with Crippen LogP contribution in [0.5, 0.6) is 0 Å². The lowest BCUT2D eigenvalue weighted by Crippen LogP contribution is -2.16. The van der Waals surface area contributed by atoms with Gasteiger partial charge in [-0.15, -0.1) is 6.42 Å². The Morgan fingerprint density at radius 3 is 2.70 bits per heavy atom. The van der Waals surface area contributed by atoms with Crippen molar-refractivity contribution < 1.29 is 13.2 Å². The van der Waals surface area contributed by atoms with Gasteiger partial charge in [0.25, 0.3) is 0 Å². The number of carbonyl (C=O) groups excluding carboxylic acids is 1. The van der Waals surface area contributed by atoms with Crippen molar-refractivity contribution in [3.8, 4) is 12.3 Å². The first-order chi connectivity index (χ1) is 10.7. The number of rotatable bonds is 4. The third-order valence-electron chi connectivity index (χ3n) is 3.13. The number of thiazole rings is 1. The Balaban J connectivity index is 2.65. The zero-order valence-corrected chi connectivity index (χ0v) is 14.9. The number of amides is 1. The van der Waals surface area contributed by atoms with Crippen LogP contribution < -0.4 is 4.80 Å². The van der Waals surface area contributed by atoms with E-state index in [-0.39, 0.29) is 23.3 Å². The summed E-state index contributed by atoms with van der Waals surface area (Å²) in [4.78, 5) is 16.8. The molecule has 0 spiro atoms. The van der Waals surface area contributed by atoms with Crippen molar-refractivity contribution in [3.63, 3.8) is 0 Å². The predicted molar refractivity (Wildman–Crippen MR) is 91.8 cm³/mol. The van der Waals surface area contributed by atoms with Crippen LogP contribution >= 0.6 is 11.3 Å². The molecule has 0 unspecified atom stereocenters. The molecule has 0 fully saturated rings. The number of benzene rings is 1. The van der Waals surface area contributed by atoms with E-state index >= 15 is 0 Å². The van der Waals surface area contributed by atoms with Crippen LogP contribution in [0.2, 0.25) is 0 Å². The highest BCUT2D eigenvalue weighted by atomic mass is 32.2. The minimum absolute atomic E-state index is 0.208. The summed E-state index contributed by atoms with van der Waals surface area (Å²) in [6.45, 7) is 4.17. The van der Waals surface area contributed by atoms with E-state index < -0.39 is 9.84 Å². The molecule has 2 rings (SSSR count). The summed E-state index contributed by atoms with van der Waals surface area (Å²) in [6.07, 6.45) is 6.92. The van der Waals surface area contributed by atoms with Crippen molar-refractivity contribution in [1.82, 2.24) is 4.57 Å². The molecule has 1 heterocycles. The van der Waals surface area contributed by atoms with Gasteiger partial charge in [-0.1, -0.05) is 31.1 Å². The average Bonchev–Trinajstić information content (AvgIpc) is 2.74. The van der Waals surface area contributed by atoms with E-state index in [0.29, 0.717) is 11.2 Å². The van der Waals surface area contributed by atoms with E-state index in [2.05, 4.69) is 10.9 Å². The topological polar surface area (TPSA) is 68.5 Å². The van der Waals surface area contributed by atoms with Crippen LogP contribution in [0.4, 0.5) is 0 Å². The molecule has 0 aliphatic heterocycles. The van der Waals surface area contributed by atoms with Crippen LogP contribution in [0, 0.1) is 18.3 Å². The summed E-state index contributed by atoms with van der Waals surface area (Å²) in [5, 5.41) is 0. The highest BCUT2D eigenvalue weighted by Crippen LogP contribution is 2.22. The largest absolute Gasteiger partial charge is 0.305 e. The molecule has 0 bridgehead atoms. The molecular formula is C16H18N2O3S2. The normalized spacial score (nSPS) is 12.7. The lowest BCUT2D eigenvalue weighted by Gasteiger charge is -2.02. The second-order valence-corrected chi connectivity index (χ2v) is 8.70. The summed E-state index contributed by atoms with van der Waals surface area (Å²) < 4.78 is 25.9. The fraction of sp³-hybridized carbons (Fsp3) is 0.375. The molecule has 0 aliphatic rings. The fourth-order valence-electron chi connectivity index (χ4n) is 2.12. The average molecular weight is 350 g/mol.